The third kappa shape index (κ3) is 2.17. The van der Waals surface area contributed by atoms with E-state index in [2.05, 4.69) is 5.32 Å². The van der Waals surface area contributed by atoms with Gasteiger partial charge in [0.2, 0.25) is 10.0 Å². The summed E-state index contributed by atoms with van der Waals surface area (Å²) in [6, 6.07) is 5.58. The average Bonchev–Trinajstić information content (AvgIpc) is 2.64. The fourth-order valence-corrected chi connectivity index (χ4v) is 5.07. The number of nitrogens with zero attached hydrogens (tertiary/aromatic N) is 1. The number of nitrogens with one attached hydrogen (secondary N) is 1. The van der Waals surface area contributed by atoms with Crippen LogP contribution in [0.4, 0.5) is 4.39 Å². The highest BCUT2D eigenvalue weighted by Crippen LogP contribution is 2.34. The molecule has 2 saturated heterocycles. The Labute approximate surface area is 112 Å². The van der Waals surface area contributed by atoms with Crippen molar-refractivity contribution in [3.63, 3.8) is 0 Å². The van der Waals surface area contributed by atoms with Gasteiger partial charge in [0.1, 0.15) is 10.7 Å². The maximum Gasteiger partial charge on any atom is 0.246 e. The SMILES string of the molecule is O=S(=O)(c1ccccc1F)N1C2CCNCC1CC2. The molecule has 2 heterocycles. The van der Waals surface area contributed by atoms with Crippen molar-refractivity contribution in [3.05, 3.63) is 30.1 Å². The van der Waals surface area contributed by atoms with E-state index in [4.69, 9.17) is 0 Å². The Hall–Kier alpha value is -0.980. The van der Waals surface area contributed by atoms with Gasteiger partial charge in [-0.25, -0.2) is 12.8 Å². The number of rotatable bonds is 2. The molecule has 104 valence electrons. The van der Waals surface area contributed by atoms with Gasteiger partial charge in [-0.3, -0.25) is 0 Å². The van der Waals surface area contributed by atoms with Crippen LogP contribution in [0.5, 0.6) is 0 Å². The summed E-state index contributed by atoms with van der Waals surface area (Å²) in [7, 11) is -3.73. The van der Waals surface area contributed by atoms with Crippen LogP contribution in [0.25, 0.3) is 0 Å². The standard InChI is InChI=1S/C13H17FN2O2S/c14-12-3-1-2-4-13(12)19(17,18)16-10-5-6-11(16)9-15-8-7-10/h1-4,10-11,15H,5-9H2. The number of halogens is 1. The highest BCUT2D eigenvalue weighted by atomic mass is 32.2. The molecule has 0 spiro atoms. The summed E-state index contributed by atoms with van der Waals surface area (Å²) in [5.41, 5.74) is 0. The first-order valence-corrected chi connectivity index (χ1v) is 8.03. The Bertz CT molecular complexity index is 562. The molecule has 19 heavy (non-hydrogen) atoms. The van der Waals surface area contributed by atoms with Crippen LogP contribution in [-0.4, -0.2) is 37.9 Å². The second-order valence-electron chi connectivity index (χ2n) is 5.14. The van der Waals surface area contributed by atoms with Crippen LogP contribution in [0.2, 0.25) is 0 Å². The molecule has 4 nitrogen and oxygen atoms in total. The molecule has 2 unspecified atom stereocenters. The molecule has 2 bridgehead atoms. The maximum absolute atomic E-state index is 13.8. The van der Waals surface area contributed by atoms with E-state index in [-0.39, 0.29) is 17.0 Å². The summed E-state index contributed by atoms with van der Waals surface area (Å²) >= 11 is 0. The van der Waals surface area contributed by atoms with Crippen LogP contribution in [0.1, 0.15) is 19.3 Å². The van der Waals surface area contributed by atoms with Gasteiger partial charge >= 0.3 is 0 Å². The molecule has 0 amide bonds. The third-order valence-electron chi connectivity index (χ3n) is 3.98. The van der Waals surface area contributed by atoms with Crippen molar-refractivity contribution >= 4 is 10.0 Å². The first-order chi connectivity index (χ1) is 9.10. The Balaban J connectivity index is 2.03. The molecule has 1 N–H and O–H groups in total. The minimum atomic E-state index is -3.73. The lowest BCUT2D eigenvalue weighted by Crippen LogP contribution is -2.42. The van der Waals surface area contributed by atoms with Crippen molar-refractivity contribution in [2.75, 3.05) is 13.1 Å². The Kier molecular flexibility index (Phi) is 3.32. The lowest BCUT2D eigenvalue weighted by Gasteiger charge is -2.26. The van der Waals surface area contributed by atoms with Crippen molar-refractivity contribution in [1.82, 2.24) is 9.62 Å². The topological polar surface area (TPSA) is 49.4 Å². The van der Waals surface area contributed by atoms with Gasteiger partial charge in [0.15, 0.2) is 0 Å². The summed E-state index contributed by atoms with van der Waals surface area (Å²) in [5.74, 6) is -0.667. The summed E-state index contributed by atoms with van der Waals surface area (Å²) in [6.07, 6.45) is 2.52. The van der Waals surface area contributed by atoms with Gasteiger partial charge in [-0.15, -0.1) is 0 Å². The Morgan fingerprint density at radius 3 is 2.68 bits per heavy atom. The molecule has 1 aromatic rings. The molecule has 2 fully saturated rings. The Morgan fingerprint density at radius 2 is 1.89 bits per heavy atom. The quantitative estimate of drug-likeness (QED) is 0.891. The molecule has 1 aromatic carbocycles. The maximum atomic E-state index is 13.8. The third-order valence-corrected chi connectivity index (χ3v) is 6.02. The number of benzene rings is 1. The molecule has 2 aliphatic rings. The van der Waals surface area contributed by atoms with E-state index in [0.717, 1.165) is 25.8 Å². The van der Waals surface area contributed by atoms with E-state index in [1.165, 1.54) is 22.5 Å². The fraction of sp³-hybridized carbons (Fsp3) is 0.538. The van der Waals surface area contributed by atoms with Crippen molar-refractivity contribution in [3.8, 4) is 0 Å². The van der Waals surface area contributed by atoms with Crippen molar-refractivity contribution < 1.29 is 12.8 Å². The normalized spacial score (nSPS) is 28.3. The van der Waals surface area contributed by atoms with Gasteiger partial charge in [-0.2, -0.15) is 4.31 Å². The molecule has 6 heteroatoms. The smallest absolute Gasteiger partial charge is 0.246 e. The van der Waals surface area contributed by atoms with Crippen LogP contribution in [0.3, 0.4) is 0 Å². The molecular weight excluding hydrogens is 267 g/mol. The first-order valence-electron chi connectivity index (χ1n) is 6.59. The zero-order chi connectivity index (χ0) is 13.5. The first kappa shape index (κ1) is 13.0. The molecule has 0 saturated carbocycles. The minimum absolute atomic E-state index is 0.00426. The van der Waals surface area contributed by atoms with Crippen LogP contribution in [0.15, 0.2) is 29.2 Å². The van der Waals surface area contributed by atoms with E-state index in [0.29, 0.717) is 6.54 Å². The summed E-state index contributed by atoms with van der Waals surface area (Å²) in [4.78, 5) is -0.200. The van der Waals surface area contributed by atoms with Gasteiger partial charge in [0, 0.05) is 18.6 Å². The van der Waals surface area contributed by atoms with Gasteiger partial charge in [-0.05, 0) is 37.9 Å². The fourth-order valence-electron chi connectivity index (χ4n) is 3.10. The average molecular weight is 284 g/mol. The summed E-state index contributed by atoms with van der Waals surface area (Å²) < 4.78 is 40.7. The number of hydrogen-bond acceptors (Lipinski definition) is 3. The van der Waals surface area contributed by atoms with Crippen LogP contribution < -0.4 is 5.32 Å². The Morgan fingerprint density at radius 1 is 1.16 bits per heavy atom. The van der Waals surface area contributed by atoms with E-state index in [9.17, 15) is 12.8 Å². The highest BCUT2D eigenvalue weighted by Gasteiger charge is 2.43. The monoisotopic (exact) mass is 284 g/mol. The summed E-state index contributed by atoms with van der Waals surface area (Å²) in [6.45, 7) is 1.48. The zero-order valence-corrected chi connectivity index (χ0v) is 11.4. The van der Waals surface area contributed by atoms with Crippen LogP contribution in [-0.2, 0) is 10.0 Å². The van der Waals surface area contributed by atoms with Gasteiger partial charge in [0.25, 0.3) is 0 Å². The van der Waals surface area contributed by atoms with Crippen LogP contribution in [0, 0.1) is 5.82 Å². The van der Waals surface area contributed by atoms with E-state index >= 15 is 0 Å². The lowest BCUT2D eigenvalue weighted by molar-refractivity contribution is 0.333. The molecule has 0 aromatic heterocycles. The van der Waals surface area contributed by atoms with Gasteiger partial charge in [0.05, 0.1) is 0 Å². The van der Waals surface area contributed by atoms with E-state index < -0.39 is 15.8 Å². The molecule has 3 rings (SSSR count). The highest BCUT2D eigenvalue weighted by molar-refractivity contribution is 7.89. The van der Waals surface area contributed by atoms with Gasteiger partial charge in [-0.1, -0.05) is 12.1 Å². The van der Waals surface area contributed by atoms with Gasteiger partial charge < -0.3 is 5.32 Å². The van der Waals surface area contributed by atoms with Crippen molar-refractivity contribution in [2.24, 2.45) is 0 Å². The lowest BCUT2D eigenvalue weighted by atomic mass is 10.1. The predicted molar refractivity (Wildman–Crippen MR) is 69.7 cm³/mol. The van der Waals surface area contributed by atoms with Crippen LogP contribution >= 0.6 is 0 Å². The van der Waals surface area contributed by atoms with E-state index in [1.54, 1.807) is 6.07 Å². The number of hydrogen-bond donors (Lipinski definition) is 1. The van der Waals surface area contributed by atoms with E-state index in [1.807, 2.05) is 0 Å². The number of sulfonamides is 1. The zero-order valence-electron chi connectivity index (χ0n) is 10.5. The second-order valence-corrected chi connectivity index (χ2v) is 6.95. The molecule has 0 aliphatic carbocycles. The number of fused-ring (bicyclic) bond motifs is 2. The minimum Gasteiger partial charge on any atom is -0.315 e. The molecule has 0 radical (unpaired) electrons. The molecule has 2 atom stereocenters. The predicted octanol–water partition coefficient (Wildman–Crippen LogP) is 1.34. The van der Waals surface area contributed by atoms with Crippen molar-refractivity contribution in [1.29, 1.82) is 0 Å². The largest absolute Gasteiger partial charge is 0.315 e. The second kappa shape index (κ2) is 4.85. The van der Waals surface area contributed by atoms with Crippen molar-refractivity contribution in [2.45, 2.75) is 36.2 Å². The summed E-state index contributed by atoms with van der Waals surface area (Å²) in [5, 5.41) is 3.25. The molecule has 2 aliphatic heterocycles. The molecular formula is C13H17FN2O2S.